The number of hydrogen-bond acceptors (Lipinski definition) is 2. The van der Waals surface area contributed by atoms with Gasteiger partial charge < -0.3 is 10.1 Å². The van der Waals surface area contributed by atoms with Gasteiger partial charge in [-0.2, -0.15) is 0 Å². The van der Waals surface area contributed by atoms with Crippen molar-refractivity contribution in [3.8, 4) is 0 Å². The van der Waals surface area contributed by atoms with Crippen LogP contribution in [-0.4, -0.2) is 25.7 Å². The van der Waals surface area contributed by atoms with Crippen molar-refractivity contribution < 1.29 is 13.9 Å². The van der Waals surface area contributed by atoms with Crippen LogP contribution in [0.25, 0.3) is 0 Å². The lowest BCUT2D eigenvalue weighted by Crippen LogP contribution is -2.42. The molecule has 16 heavy (non-hydrogen) atoms. The highest BCUT2D eigenvalue weighted by Crippen LogP contribution is 2.29. The predicted octanol–water partition coefficient (Wildman–Crippen LogP) is 1.65. The molecule has 3 nitrogen and oxygen atoms in total. The summed E-state index contributed by atoms with van der Waals surface area (Å²) in [7, 11) is 0. The van der Waals surface area contributed by atoms with Gasteiger partial charge in [0, 0.05) is 17.1 Å². The lowest BCUT2D eigenvalue weighted by Gasteiger charge is -2.21. The SMILES string of the molecule is O=C1NCCOCC1(F)c1ccc(Cl)cc1. The maximum absolute atomic E-state index is 14.5. The first-order chi connectivity index (χ1) is 7.63. The molecule has 1 saturated heterocycles. The van der Waals surface area contributed by atoms with Gasteiger partial charge in [0.2, 0.25) is 5.67 Å². The summed E-state index contributed by atoms with van der Waals surface area (Å²) in [5.74, 6) is -0.660. The van der Waals surface area contributed by atoms with Crippen LogP contribution in [0.15, 0.2) is 24.3 Å². The second-order valence-corrected chi connectivity index (χ2v) is 4.05. The van der Waals surface area contributed by atoms with Gasteiger partial charge in [-0.3, -0.25) is 4.79 Å². The van der Waals surface area contributed by atoms with E-state index in [4.69, 9.17) is 16.3 Å². The molecule has 5 heteroatoms. The van der Waals surface area contributed by atoms with Crippen molar-refractivity contribution in [3.05, 3.63) is 34.9 Å². The van der Waals surface area contributed by atoms with Gasteiger partial charge in [-0.15, -0.1) is 0 Å². The highest BCUT2D eigenvalue weighted by Gasteiger charge is 2.42. The number of alkyl halides is 1. The summed E-state index contributed by atoms with van der Waals surface area (Å²) in [6, 6.07) is 6.10. The molecule has 0 aliphatic carbocycles. The fourth-order valence-electron chi connectivity index (χ4n) is 1.58. The molecule has 1 aliphatic heterocycles. The van der Waals surface area contributed by atoms with Gasteiger partial charge >= 0.3 is 0 Å². The molecule has 1 heterocycles. The van der Waals surface area contributed by atoms with Crippen LogP contribution in [0, 0.1) is 0 Å². The monoisotopic (exact) mass is 243 g/mol. The molecule has 2 rings (SSSR count). The van der Waals surface area contributed by atoms with E-state index in [2.05, 4.69) is 5.32 Å². The van der Waals surface area contributed by atoms with E-state index >= 15 is 0 Å². The number of carbonyl (C=O) groups is 1. The van der Waals surface area contributed by atoms with Crippen molar-refractivity contribution in [2.45, 2.75) is 5.67 Å². The molecule has 0 saturated carbocycles. The summed E-state index contributed by atoms with van der Waals surface area (Å²) in [4.78, 5) is 11.6. The van der Waals surface area contributed by atoms with E-state index < -0.39 is 11.6 Å². The van der Waals surface area contributed by atoms with E-state index in [0.29, 0.717) is 18.2 Å². The van der Waals surface area contributed by atoms with E-state index in [-0.39, 0.29) is 12.2 Å². The smallest absolute Gasteiger partial charge is 0.264 e. The summed E-state index contributed by atoms with van der Waals surface area (Å²) in [5.41, 5.74) is -1.86. The molecule has 0 radical (unpaired) electrons. The first kappa shape index (κ1) is 11.4. The second-order valence-electron chi connectivity index (χ2n) is 3.62. The summed E-state index contributed by atoms with van der Waals surface area (Å²) < 4.78 is 19.6. The molecule has 1 fully saturated rings. The number of ether oxygens (including phenoxy) is 1. The minimum Gasteiger partial charge on any atom is -0.375 e. The van der Waals surface area contributed by atoms with E-state index in [9.17, 15) is 9.18 Å². The maximum Gasteiger partial charge on any atom is 0.264 e. The average Bonchev–Trinajstić information content (AvgIpc) is 2.44. The molecule has 1 unspecified atom stereocenters. The van der Waals surface area contributed by atoms with E-state index in [1.807, 2.05) is 0 Å². The van der Waals surface area contributed by atoms with Crippen LogP contribution in [0.3, 0.4) is 0 Å². The lowest BCUT2D eigenvalue weighted by molar-refractivity contribution is -0.135. The van der Waals surface area contributed by atoms with Gasteiger partial charge in [0.05, 0.1) is 13.2 Å². The zero-order valence-electron chi connectivity index (χ0n) is 8.50. The molecule has 1 aliphatic rings. The Morgan fingerprint density at radius 3 is 2.75 bits per heavy atom. The number of carbonyl (C=O) groups excluding carboxylic acids is 1. The summed E-state index contributed by atoms with van der Waals surface area (Å²) in [5, 5.41) is 2.98. The highest BCUT2D eigenvalue weighted by molar-refractivity contribution is 6.30. The standard InChI is InChI=1S/C11H11ClFNO2/c12-9-3-1-8(2-4-9)11(13)7-16-6-5-14-10(11)15/h1-4H,5-7H2,(H,14,15). The normalized spacial score (nSPS) is 26.0. The van der Waals surface area contributed by atoms with Crippen molar-refractivity contribution in [3.63, 3.8) is 0 Å². The molecule has 1 N–H and O–H groups in total. The Bertz CT molecular complexity index is 395. The summed E-state index contributed by atoms with van der Waals surface area (Å²) >= 11 is 5.71. The molecule has 1 aromatic carbocycles. The summed E-state index contributed by atoms with van der Waals surface area (Å²) in [6.07, 6.45) is 0. The average molecular weight is 244 g/mol. The Morgan fingerprint density at radius 2 is 2.06 bits per heavy atom. The number of hydrogen-bond donors (Lipinski definition) is 1. The van der Waals surface area contributed by atoms with Crippen molar-refractivity contribution in [1.29, 1.82) is 0 Å². The first-order valence-corrected chi connectivity index (χ1v) is 5.32. The van der Waals surface area contributed by atoms with Crippen LogP contribution in [0.4, 0.5) is 4.39 Å². The predicted molar refractivity (Wildman–Crippen MR) is 58.1 cm³/mol. The van der Waals surface area contributed by atoms with Crippen molar-refractivity contribution in [1.82, 2.24) is 5.32 Å². The fourth-order valence-corrected chi connectivity index (χ4v) is 1.71. The number of benzene rings is 1. The van der Waals surface area contributed by atoms with Gasteiger partial charge in [-0.1, -0.05) is 23.7 Å². The maximum atomic E-state index is 14.5. The van der Waals surface area contributed by atoms with E-state index in [0.717, 1.165) is 0 Å². The quantitative estimate of drug-likeness (QED) is 0.815. The molecule has 0 aromatic heterocycles. The minimum atomic E-state index is -2.12. The third-order valence-corrected chi connectivity index (χ3v) is 2.75. The molecule has 86 valence electrons. The Labute approximate surface area is 97.5 Å². The van der Waals surface area contributed by atoms with Crippen LogP contribution in [0.2, 0.25) is 5.02 Å². The number of rotatable bonds is 1. The Kier molecular flexibility index (Phi) is 3.12. The van der Waals surface area contributed by atoms with Gasteiger partial charge in [0.15, 0.2) is 0 Å². The molecular weight excluding hydrogens is 233 g/mol. The molecular formula is C11H11ClFNO2. The lowest BCUT2D eigenvalue weighted by atomic mass is 9.96. The van der Waals surface area contributed by atoms with Crippen LogP contribution >= 0.6 is 11.6 Å². The Hall–Kier alpha value is -1.13. The van der Waals surface area contributed by atoms with Crippen molar-refractivity contribution >= 4 is 17.5 Å². The number of halogens is 2. The molecule has 1 aromatic rings. The third kappa shape index (κ3) is 2.03. The second kappa shape index (κ2) is 4.39. The Balaban J connectivity index is 2.34. The van der Waals surface area contributed by atoms with Gasteiger partial charge in [0.25, 0.3) is 5.91 Å². The Morgan fingerprint density at radius 1 is 1.38 bits per heavy atom. The van der Waals surface area contributed by atoms with Gasteiger partial charge in [-0.25, -0.2) is 4.39 Å². The largest absolute Gasteiger partial charge is 0.375 e. The van der Waals surface area contributed by atoms with Gasteiger partial charge in [-0.05, 0) is 12.1 Å². The number of amides is 1. The first-order valence-electron chi connectivity index (χ1n) is 4.94. The van der Waals surface area contributed by atoms with Crippen LogP contribution < -0.4 is 5.32 Å². The molecule has 1 amide bonds. The van der Waals surface area contributed by atoms with Crippen LogP contribution in [-0.2, 0) is 15.2 Å². The van der Waals surface area contributed by atoms with Crippen LogP contribution in [0.5, 0.6) is 0 Å². The minimum absolute atomic E-state index is 0.260. The third-order valence-electron chi connectivity index (χ3n) is 2.49. The molecule has 0 bridgehead atoms. The zero-order chi connectivity index (χ0) is 11.6. The molecule has 1 atom stereocenters. The van der Waals surface area contributed by atoms with Gasteiger partial charge in [0.1, 0.15) is 0 Å². The van der Waals surface area contributed by atoms with E-state index in [1.165, 1.54) is 12.1 Å². The number of nitrogens with one attached hydrogen (secondary N) is 1. The fraction of sp³-hybridized carbons (Fsp3) is 0.364. The topological polar surface area (TPSA) is 38.3 Å². The van der Waals surface area contributed by atoms with Crippen LogP contribution in [0.1, 0.15) is 5.56 Å². The van der Waals surface area contributed by atoms with Crippen molar-refractivity contribution in [2.24, 2.45) is 0 Å². The highest BCUT2D eigenvalue weighted by atomic mass is 35.5. The molecule has 0 spiro atoms. The van der Waals surface area contributed by atoms with Crippen molar-refractivity contribution in [2.75, 3.05) is 19.8 Å². The zero-order valence-corrected chi connectivity index (χ0v) is 9.26. The van der Waals surface area contributed by atoms with E-state index in [1.54, 1.807) is 12.1 Å². The summed E-state index contributed by atoms with van der Waals surface area (Å²) in [6.45, 7) is 0.392.